The molecule has 0 amide bonds. The van der Waals surface area contributed by atoms with E-state index in [0.29, 0.717) is 10.9 Å². The Morgan fingerprint density at radius 2 is 2.17 bits per heavy atom. The van der Waals surface area contributed by atoms with E-state index in [0.717, 1.165) is 16.8 Å². The maximum Gasteiger partial charge on any atom is 0.124 e. The third kappa shape index (κ3) is 2.94. The molecule has 1 heterocycles. The third-order valence-electron chi connectivity index (χ3n) is 2.84. The van der Waals surface area contributed by atoms with E-state index in [1.165, 1.54) is 12.1 Å². The minimum atomic E-state index is -0.638. The van der Waals surface area contributed by atoms with Crippen molar-refractivity contribution >= 4 is 15.9 Å². The Kier molecular flexibility index (Phi) is 4.09. The van der Waals surface area contributed by atoms with Gasteiger partial charge in [0.25, 0.3) is 0 Å². The Balaban J connectivity index is 2.21. The fourth-order valence-electron chi connectivity index (χ4n) is 1.85. The van der Waals surface area contributed by atoms with Gasteiger partial charge in [0.2, 0.25) is 0 Å². The standard InChI is InChI=1S/C14H13BrFNO/c1-9-12(3-2-6-17-9)14(18)7-10-4-5-11(16)8-13(10)15/h2-6,8,14,18H,7H2,1H3. The van der Waals surface area contributed by atoms with Gasteiger partial charge in [-0.05, 0) is 30.7 Å². The second-order valence-electron chi connectivity index (χ2n) is 4.13. The van der Waals surface area contributed by atoms with Gasteiger partial charge in [0.05, 0.1) is 6.10 Å². The van der Waals surface area contributed by atoms with Gasteiger partial charge in [0.1, 0.15) is 5.82 Å². The van der Waals surface area contributed by atoms with Crippen LogP contribution in [0.15, 0.2) is 41.0 Å². The third-order valence-corrected chi connectivity index (χ3v) is 3.57. The lowest BCUT2D eigenvalue weighted by Crippen LogP contribution is -2.05. The number of hydrogen-bond donors (Lipinski definition) is 1. The summed E-state index contributed by atoms with van der Waals surface area (Å²) in [7, 11) is 0. The van der Waals surface area contributed by atoms with Gasteiger partial charge in [-0.2, -0.15) is 0 Å². The number of benzene rings is 1. The van der Waals surface area contributed by atoms with Crippen molar-refractivity contribution in [2.75, 3.05) is 0 Å². The Morgan fingerprint density at radius 1 is 1.39 bits per heavy atom. The molecule has 0 radical (unpaired) electrons. The van der Waals surface area contributed by atoms with Crippen LogP contribution in [-0.2, 0) is 6.42 Å². The van der Waals surface area contributed by atoms with Crippen molar-refractivity contribution in [3.63, 3.8) is 0 Å². The van der Waals surface area contributed by atoms with Crippen LogP contribution >= 0.6 is 15.9 Å². The summed E-state index contributed by atoms with van der Waals surface area (Å²) in [6.07, 6.45) is 1.48. The molecule has 0 aliphatic rings. The van der Waals surface area contributed by atoms with E-state index in [1.807, 2.05) is 13.0 Å². The number of aryl methyl sites for hydroxylation is 1. The zero-order chi connectivity index (χ0) is 13.1. The number of halogens is 2. The Morgan fingerprint density at radius 3 is 2.83 bits per heavy atom. The lowest BCUT2D eigenvalue weighted by molar-refractivity contribution is 0.177. The minimum Gasteiger partial charge on any atom is -0.388 e. The summed E-state index contributed by atoms with van der Waals surface area (Å²) in [6.45, 7) is 1.86. The monoisotopic (exact) mass is 309 g/mol. The highest BCUT2D eigenvalue weighted by Crippen LogP contribution is 2.25. The van der Waals surface area contributed by atoms with Crippen molar-refractivity contribution in [2.45, 2.75) is 19.4 Å². The van der Waals surface area contributed by atoms with Crippen LogP contribution in [0.5, 0.6) is 0 Å². The molecular weight excluding hydrogens is 297 g/mol. The summed E-state index contributed by atoms with van der Waals surface area (Å²) in [5.41, 5.74) is 2.48. The average molecular weight is 310 g/mol. The molecule has 94 valence electrons. The Hall–Kier alpha value is -1.26. The quantitative estimate of drug-likeness (QED) is 0.940. The summed E-state index contributed by atoms with van der Waals surface area (Å²) in [4.78, 5) is 4.15. The molecule has 1 aromatic heterocycles. The van der Waals surface area contributed by atoms with Crippen LogP contribution in [-0.4, -0.2) is 10.1 Å². The molecule has 0 bridgehead atoms. The second kappa shape index (κ2) is 5.59. The Labute approximate surface area is 114 Å². The van der Waals surface area contributed by atoms with Gasteiger partial charge in [-0.3, -0.25) is 4.98 Å². The SMILES string of the molecule is Cc1ncccc1C(O)Cc1ccc(F)cc1Br. The first-order valence-corrected chi connectivity index (χ1v) is 6.40. The van der Waals surface area contributed by atoms with Gasteiger partial charge in [-0.15, -0.1) is 0 Å². The zero-order valence-electron chi connectivity index (χ0n) is 9.90. The molecule has 0 saturated heterocycles. The van der Waals surface area contributed by atoms with Crippen LogP contribution in [0.2, 0.25) is 0 Å². The van der Waals surface area contributed by atoms with Crippen molar-refractivity contribution in [3.05, 3.63) is 63.6 Å². The molecule has 1 unspecified atom stereocenters. The second-order valence-corrected chi connectivity index (χ2v) is 4.99. The van der Waals surface area contributed by atoms with E-state index in [2.05, 4.69) is 20.9 Å². The van der Waals surface area contributed by atoms with Gasteiger partial charge in [0.15, 0.2) is 0 Å². The molecule has 0 aliphatic carbocycles. The molecule has 0 aliphatic heterocycles. The van der Waals surface area contributed by atoms with Gasteiger partial charge in [0, 0.05) is 28.3 Å². The molecule has 0 saturated carbocycles. The first-order chi connectivity index (χ1) is 8.58. The van der Waals surface area contributed by atoms with Crippen molar-refractivity contribution < 1.29 is 9.50 Å². The lowest BCUT2D eigenvalue weighted by Gasteiger charge is -2.14. The molecule has 2 rings (SSSR count). The largest absolute Gasteiger partial charge is 0.388 e. The van der Waals surface area contributed by atoms with E-state index in [4.69, 9.17) is 0 Å². The van der Waals surface area contributed by atoms with Crippen LogP contribution in [0.1, 0.15) is 22.9 Å². The summed E-state index contributed by atoms with van der Waals surface area (Å²) in [5, 5.41) is 10.2. The van der Waals surface area contributed by atoms with Gasteiger partial charge < -0.3 is 5.11 Å². The number of nitrogens with zero attached hydrogens (tertiary/aromatic N) is 1. The van der Waals surface area contributed by atoms with Crippen molar-refractivity contribution in [1.82, 2.24) is 4.98 Å². The van der Waals surface area contributed by atoms with Gasteiger partial charge in [-0.25, -0.2) is 4.39 Å². The maximum absolute atomic E-state index is 13.0. The van der Waals surface area contributed by atoms with Gasteiger partial charge in [-0.1, -0.05) is 28.1 Å². The molecule has 0 spiro atoms. The summed E-state index contributed by atoms with van der Waals surface area (Å²) >= 11 is 3.30. The molecule has 1 N–H and O–H groups in total. The van der Waals surface area contributed by atoms with Crippen LogP contribution in [0.25, 0.3) is 0 Å². The predicted octanol–water partition coefficient (Wildman–Crippen LogP) is 3.57. The van der Waals surface area contributed by atoms with E-state index < -0.39 is 6.10 Å². The number of rotatable bonds is 3. The molecule has 4 heteroatoms. The number of aromatic nitrogens is 1. The molecule has 1 atom stereocenters. The summed E-state index contributed by atoms with van der Waals surface area (Å²) < 4.78 is 13.6. The van der Waals surface area contributed by atoms with Crippen molar-refractivity contribution in [2.24, 2.45) is 0 Å². The van der Waals surface area contributed by atoms with Crippen LogP contribution in [0, 0.1) is 12.7 Å². The normalized spacial score (nSPS) is 12.4. The van der Waals surface area contributed by atoms with Crippen LogP contribution in [0.3, 0.4) is 0 Å². The van der Waals surface area contributed by atoms with Crippen molar-refractivity contribution in [3.8, 4) is 0 Å². The van der Waals surface area contributed by atoms with Crippen LogP contribution in [0.4, 0.5) is 4.39 Å². The lowest BCUT2D eigenvalue weighted by atomic mass is 10.0. The fraction of sp³-hybridized carbons (Fsp3) is 0.214. The summed E-state index contributed by atoms with van der Waals surface area (Å²) in [6, 6.07) is 8.12. The van der Waals surface area contributed by atoms with Crippen molar-refractivity contribution in [1.29, 1.82) is 0 Å². The molecule has 0 fully saturated rings. The highest BCUT2D eigenvalue weighted by molar-refractivity contribution is 9.10. The number of pyridine rings is 1. The highest BCUT2D eigenvalue weighted by atomic mass is 79.9. The van der Waals surface area contributed by atoms with Gasteiger partial charge >= 0.3 is 0 Å². The topological polar surface area (TPSA) is 33.1 Å². The average Bonchev–Trinajstić information content (AvgIpc) is 2.33. The summed E-state index contributed by atoms with van der Waals surface area (Å²) in [5.74, 6) is -0.294. The first kappa shape index (κ1) is 13.2. The zero-order valence-corrected chi connectivity index (χ0v) is 11.5. The van der Waals surface area contributed by atoms with E-state index in [9.17, 15) is 9.50 Å². The number of aliphatic hydroxyl groups excluding tert-OH is 1. The van der Waals surface area contributed by atoms with E-state index in [-0.39, 0.29) is 5.82 Å². The smallest absolute Gasteiger partial charge is 0.124 e. The van der Waals surface area contributed by atoms with E-state index >= 15 is 0 Å². The minimum absolute atomic E-state index is 0.294. The molecule has 1 aromatic carbocycles. The highest BCUT2D eigenvalue weighted by Gasteiger charge is 2.13. The number of hydrogen-bond acceptors (Lipinski definition) is 2. The number of aliphatic hydroxyl groups is 1. The molecule has 2 aromatic rings. The molecule has 18 heavy (non-hydrogen) atoms. The van der Waals surface area contributed by atoms with E-state index in [1.54, 1.807) is 18.3 Å². The fourth-order valence-corrected chi connectivity index (χ4v) is 2.37. The Bertz CT molecular complexity index is 559. The maximum atomic E-state index is 13.0. The first-order valence-electron chi connectivity index (χ1n) is 5.61. The molecule has 2 nitrogen and oxygen atoms in total. The van der Waals surface area contributed by atoms with Crippen LogP contribution < -0.4 is 0 Å². The molecular formula is C14H13BrFNO. The predicted molar refractivity (Wildman–Crippen MR) is 71.7 cm³/mol.